The number of hydrogen-bond donors (Lipinski definition) is 3. The third-order valence-electron chi connectivity index (χ3n) is 6.41. The molecule has 29 heavy (non-hydrogen) atoms. The van der Waals surface area contributed by atoms with Crippen molar-refractivity contribution in [2.75, 3.05) is 4.72 Å². The molecule has 6 heteroatoms. The van der Waals surface area contributed by atoms with Gasteiger partial charge in [-0.25, -0.2) is 0 Å². The van der Waals surface area contributed by atoms with Crippen LogP contribution < -0.4 is 10.5 Å². The summed E-state index contributed by atoms with van der Waals surface area (Å²) in [5.74, 6) is 0.973. The number of furan rings is 1. The van der Waals surface area contributed by atoms with Crippen LogP contribution in [0.5, 0.6) is 0 Å². The van der Waals surface area contributed by atoms with Crippen LogP contribution in [0.2, 0.25) is 0 Å². The van der Waals surface area contributed by atoms with Gasteiger partial charge in [-0.2, -0.15) is 0 Å². The van der Waals surface area contributed by atoms with Gasteiger partial charge in [0.1, 0.15) is 5.76 Å². The number of carbonyl (C=O) groups is 1. The minimum atomic E-state index is -0.761. The molecule has 1 atom stereocenters. The van der Waals surface area contributed by atoms with Gasteiger partial charge in [0.05, 0.1) is 11.3 Å². The van der Waals surface area contributed by atoms with Crippen LogP contribution >= 0.6 is 11.9 Å². The van der Waals surface area contributed by atoms with Gasteiger partial charge in [-0.05, 0) is 93.0 Å². The third kappa shape index (κ3) is 4.05. The molecule has 1 amide bonds. The van der Waals surface area contributed by atoms with Crippen LogP contribution in [0.15, 0.2) is 21.6 Å². The van der Waals surface area contributed by atoms with E-state index in [1.807, 2.05) is 6.92 Å². The van der Waals surface area contributed by atoms with Crippen LogP contribution in [0.1, 0.15) is 72.6 Å². The lowest BCUT2D eigenvalue weighted by Gasteiger charge is -2.20. The molecule has 0 radical (unpaired) electrons. The highest BCUT2D eigenvalue weighted by atomic mass is 32.2. The molecule has 0 saturated heterocycles. The molecular formula is C23H30N2O3S. The number of amides is 1. The highest BCUT2D eigenvalue weighted by Crippen LogP contribution is 2.42. The van der Waals surface area contributed by atoms with Crippen LogP contribution in [0, 0.1) is 0 Å². The first-order valence-electron chi connectivity index (χ1n) is 10.6. The second-order valence-electron chi connectivity index (χ2n) is 8.46. The number of anilines is 1. The van der Waals surface area contributed by atoms with E-state index in [9.17, 15) is 5.11 Å². The number of aliphatic hydroxyl groups is 1. The molecule has 0 aliphatic heterocycles. The zero-order chi connectivity index (χ0) is 20.4. The fraction of sp³-hybridized carbons (Fsp3) is 0.522. The quantitative estimate of drug-likeness (QED) is 0.393. The topological polar surface area (TPSA) is 88.5 Å². The molecule has 156 valence electrons. The molecule has 5 rings (SSSR count). The minimum absolute atomic E-state index is 0.250. The van der Waals surface area contributed by atoms with Gasteiger partial charge in [-0.1, -0.05) is 6.07 Å². The van der Waals surface area contributed by atoms with Crippen molar-refractivity contribution >= 4 is 24.0 Å². The summed E-state index contributed by atoms with van der Waals surface area (Å²) in [6, 6.07) is 4.52. The van der Waals surface area contributed by atoms with Crippen LogP contribution in [-0.4, -0.2) is 11.5 Å². The van der Waals surface area contributed by atoms with Crippen molar-refractivity contribution in [3.05, 3.63) is 45.7 Å². The average Bonchev–Trinajstić information content (AvgIpc) is 3.40. The van der Waals surface area contributed by atoms with Crippen molar-refractivity contribution in [3.63, 3.8) is 0 Å². The first-order valence-corrected chi connectivity index (χ1v) is 11.5. The summed E-state index contributed by atoms with van der Waals surface area (Å²) in [4.78, 5) is 8.58. The molecule has 2 aromatic rings. The maximum Gasteiger partial charge on any atom is 0.204 e. The Balaban J connectivity index is 0.000000645. The molecule has 4 N–H and O–H groups in total. The summed E-state index contributed by atoms with van der Waals surface area (Å²) in [5.41, 5.74) is 11.9. The number of nitrogens with one attached hydrogen (secondary N) is 1. The van der Waals surface area contributed by atoms with Gasteiger partial charge in [0.2, 0.25) is 6.41 Å². The van der Waals surface area contributed by atoms with E-state index in [2.05, 4.69) is 22.6 Å². The largest absolute Gasteiger partial charge is 0.453 e. The van der Waals surface area contributed by atoms with E-state index in [1.54, 1.807) is 23.1 Å². The number of benzene rings is 1. The molecule has 5 nitrogen and oxygen atoms in total. The SMILES string of the molecule is CC1(O)CCCCc2oc(SNc3c4c(cc5c3CCC5)CCC4)cc21.NC=O. The predicted molar refractivity (Wildman–Crippen MR) is 116 cm³/mol. The van der Waals surface area contributed by atoms with Gasteiger partial charge in [0.25, 0.3) is 0 Å². The summed E-state index contributed by atoms with van der Waals surface area (Å²) in [7, 11) is 0. The number of fused-ring (bicyclic) bond motifs is 3. The molecule has 0 fully saturated rings. The Morgan fingerprint density at radius 3 is 2.38 bits per heavy atom. The van der Waals surface area contributed by atoms with E-state index in [-0.39, 0.29) is 6.41 Å². The van der Waals surface area contributed by atoms with Crippen molar-refractivity contribution in [1.82, 2.24) is 0 Å². The van der Waals surface area contributed by atoms with Gasteiger partial charge in [-0.3, -0.25) is 4.79 Å². The number of primary amides is 1. The fourth-order valence-electron chi connectivity index (χ4n) is 5.03. The monoisotopic (exact) mass is 414 g/mol. The Hall–Kier alpha value is -1.92. The van der Waals surface area contributed by atoms with E-state index in [1.165, 1.54) is 55.3 Å². The summed E-state index contributed by atoms with van der Waals surface area (Å²) in [6.07, 6.45) is 11.5. The Morgan fingerprint density at radius 2 is 1.72 bits per heavy atom. The maximum absolute atomic E-state index is 10.8. The number of rotatable bonds is 3. The zero-order valence-corrected chi connectivity index (χ0v) is 17.9. The number of aryl methyl sites for hydroxylation is 3. The van der Waals surface area contributed by atoms with Crippen LogP contribution in [0.4, 0.5) is 5.69 Å². The van der Waals surface area contributed by atoms with E-state index in [0.29, 0.717) is 0 Å². The smallest absolute Gasteiger partial charge is 0.204 e. The van der Waals surface area contributed by atoms with Gasteiger partial charge >= 0.3 is 0 Å². The van der Waals surface area contributed by atoms with Gasteiger partial charge in [0, 0.05) is 23.9 Å². The van der Waals surface area contributed by atoms with E-state index in [0.717, 1.165) is 42.1 Å². The molecule has 3 aliphatic rings. The number of hydrogen-bond acceptors (Lipinski definition) is 5. The van der Waals surface area contributed by atoms with E-state index >= 15 is 0 Å². The van der Waals surface area contributed by atoms with Crippen molar-refractivity contribution < 1.29 is 14.3 Å². The first-order chi connectivity index (χ1) is 14.0. The van der Waals surface area contributed by atoms with Gasteiger partial charge in [-0.15, -0.1) is 0 Å². The second-order valence-corrected chi connectivity index (χ2v) is 9.27. The second kappa shape index (κ2) is 8.44. The third-order valence-corrected chi connectivity index (χ3v) is 7.12. The fourth-order valence-corrected chi connectivity index (χ4v) is 5.79. The van der Waals surface area contributed by atoms with Crippen LogP contribution in [0.3, 0.4) is 0 Å². The van der Waals surface area contributed by atoms with E-state index < -0.39 is 5.60 Å². The van der Waals surface area contributed by atoms with Crippen molar-refractivity contribution in [2.45, 2.75) is 81.8 Å². The Morgan fingerprint density at radius 1 is 1.07 bits per heavy atom. The van der Waals surface area contributed by atoms with Gasteiger partial charge in [0.15, 0.2) is 5.09 Å². The molecule has 0 spiro atoms. The van der Waals surface area contributed by atoms with Crippen LogP contribution in [-0.2, 0) is 42.5 Å². The maximum atomic E-state index is 10.8. The molecule has 3 aliphatic carbocycles. The first kappa shape index (κ1) is 20.4. The lowest BCUT2D eigenvalue weighted by Crippen LogP contribution is -2.19. The zero-order valence-electron chi connectivity index (χ0n) is 17.1. The summed E-state index contributed by atoms with van der Waals surface area (Å²) >= 11 is 1.58. The summed E-state index contributed by atoms with van der Waals surface area (Å²) < 4.78 is 9.78. The Labute approximate surface area is 176 Å². The highest BCUT2D eigenvalue weighted by molar-refractivity contribution is 8.00. The summed E-state index contributed by atoms with van der Waals surface area (Å²) in [5, 5.41) is 11.6. The lowest BCUT2D eigenvalue weighted by atomic mass is 9.94. The molecule has 0 saturated carbocycles. The molecular weight excluding hydrogens is 384 g/mol. The number of nitrogens with two attached hydrogens (primary N) is 1. The highest BCUT2D eigenvalue weighted by Gasteiger charge is 2.31. The van der Waals surface area contributed by atoms with Crippen molar-refractivity contribution in [1.29, 1.82) is 0 Å². The predicted octanol–water partition coefficient (Wildman–Crippen LogP) is 4.41. The minimum Gasteiger partial charge on any atom is -0.453 e. The molecule has 0 bridgehead atoms. The molecule has 1 unspecified atom stereocenters. The van der Waals surface area contributed by atoms with Crippen LogP contribution in [0.25, 0.3) is 0 Å². The van der Waals surface area contributed by atoms with Gasteiger partial charge < -0.3 is 20.0 Å². The van der Waals surface area contributed by atoms with Crippen molar-refractivity contribution in [3.8, 4) is 0 Å². The molecule has 1 aromatic heterocycles. The standard InChI is InChI=1S/C22H27NO2S.CH3NO/c1-22(24)11-3-2-10-19-18(22)13-20(25-19)26-23-21-16-8-4-6-14(16)12-15-7-5-9-17(15)21;2-1-3/h12-13,23-24H,2-11H2,1H3;1H,(H2,2,3). The molecule has 1 heterocycles. The Bertz CT molecular complexity index is 872. The Kier molecular flexibility index (Phi) is 5.93. The van der Waals surface area contributed by atoms with Crippen molar-refractivity contribution in [2.24, 2.45) is 5.73 Å². The number of carbonyl (C=O) groups excluding carboxylic acids is 1. The lowest BCUT2D eigenvalue weighted by molar-refractivity contribution is -0.106. The van der Waals surface area contributed by atoms with E-state index in [4.69, 9.17) is 9.21 Å². The summed E-state index contributed by atoms with van der Waals surface area (Å²) in [6.45, 7) is 1.92. The average molecular weight is 415 g/mol. The molecule has 1 aromatic carbocycles. The normalized spacial score (nSPS) is 22.0.